The van der Waals surface area contributed by atoms with Crippen molar-refractivity contribution in [2.75, 3.05) is 31.1 Å². The number of amides is 1. The summed E-state index contributed by atoms with van der Waals surface area (Å²) in [5.74, 6) is 0.242. The van der Waals surface area contributed by atoms with Gasteiger partial charge in [0.05, 0.1) is 6.42 Å². The van der Waals surface area contributed by atoms with Gasteiger partial charge in [0.2, 0.25) is 5.91 Å². The van der Waals surface area contributed by atoms with Crippen LogP contribution in [0.15, 0.2) is 35.3 Å². The molecular weight excluding hydrogens is 294 g/mol. The molecule has 0 aliphatic carbocycles. The maximum Gasteiger partial charge on any atom is 0.227 e. The predicted octanol–water partition coefficient (Wildman–Crippen LogP) is 2.73. The standard InChI is InChI=1S/C17H21N3OS/c1-14-12-18-5-3-16(14)19-6-2-7-20(9-8-19)17(21)11-15-4-10-22-13-15/h3-5,10,12-13H,2,6-9,11H2,1H3. The lowest BCUT2D eigenvalue weighted by atomic mass is 10.2. The summed E-state index contributed by atoms with van der Waals surface area (Å²) in [6.07, 6.45) is 5.28. The van der Waals surface area contributed by atoms with E-state index in [1.807, 2.05) is 28.7 Å². The minimum absolute atomic E-state index is 0.242. The molecule has 5 heteroatoms. The summed E-state index contributed by atoms with van der Waals surface area (Å²) in [6, 6.07) is 4.10. The Balaban J connectivity index is 1.62. The van der Waals surface area contributed by atoms with Gasteiger partial charge in [-0.05, 0) is 47.4 Å². The summed E-state index contributed by atoms with van der Waals surface area (Å²) < 4.78 is 0. The van der Waals surface area contributed by atoms with Crippen LogP contribution in [0.1, 0.15) is 17.5 Å². The summed E-state index contributed by atoms with van der Waals surface area (Å²) in [4.78, 5) is 21.0. The van der Waals surface area contributed by atoms with E-state index in [0.29, 0.717) is 6.42 Å². The summed E-state index contributed by atoms with van der Waals surface area (Å²) in [5.41, 5.74) is 3.56. The van der Waals surface area contributed by atoms with Gasteiger partial charge in [-0.1, -0.05) is 0 Å². The number of hydrogen-bond donors (Lipinski definition) is 0. The number of pyridine rings is 1. The van der Waals surface area contributed by atoms with Crippen molar-refractivity contribution in [1.82, 2.24) is 9.88 Å². The van der Waals surface area contributed by atoms with Gasteiger partial charge in [0.25, 0.3) is 0 Å². The highest BCUT2D eigenvalue weighted by atomic mass is 32.1. The van der Waals surface area contributed by atoms with Gasteiger partial charge in [-0.25, -0.2) is 0 Å². The Morgan fingerprint density at radius 2 is 2.18 bits per heavy atom. The average Bonchev–Trinajstić information content (AvgIpc) is 2.90. The first-order valence-corrected chi connectivity index (χ1v) is 8.63. The highest BCUT2D eigenvalue weighted by Gasteiger charge is 2.20. The molecule has 0 radical (unpaired) electrons. The minimum atomic E-state index is 0.242. The van der Waals surface area contributed by atoms with Gasteiger partial charge < -0.3 is 9.80 Å². The van der Waals surface area contributed by atoms with Crippen molar-refractivity contribution in [3.8, 4) is 0 Å². The number of carbonyl (C=O) groups excluding carboxylic acids is 1. The maximum atomic E-state index is 12.4. The van der Waals surface area contributed by atoms with Crippen LogP contribution in [0.25, 0.3) is 0 Å². The van der Waals surface area contributed by atoms with Crippen molar-refractivity contribution in [3.05, 3.63) is 46.4 Å². The van der Waals surface area contributed by atoms with Crippen molar-refractivity contribution in [1.29, 1.82) is 0 Å². The number of thiophene rings is 1. The highest BCUT2D eigenvalue weighted by molar-refractivity contribution is 7.07. The summed E-state index contributed by atoms with van der Waals surface area (Å²) in [7, 11) is 0. The second-order valence-electron chi connectivity index (χ2n) is 5.69. The molecule has 0 atom stereocenters. The number of carbonyl (C=O) groups is 1. The molecule has 2 aromatic rings. The van der Waals surface area contributed by atoms with Crippen LogP contribution >= 0.6 is 11.3 Å². The molecule has 2 aromatic heterocycles. The van der Waals surface area contributed by atoms with Crippen molar-refractivity contribution in [3.63, 3.8) is 0 Å². The van der Waals surface area contributed by atoms with Gasteiger partial charge in [0.15, 0.2) is 0 Å². The van der Waals surface area contributed by atoms with E-state index in [2.05, 4.69) is 28.3 Å². The number of aryl methyl sites for hydroxylation is 1. The summed E-state index contributed by atoms with van der Waals surface area (Å²) in [6.45, 7) is 5.62. The Labute approximate surface area is 135 Å². The number of anilines is 1. The predicted molar refractivity (Wildman–Crippen MR) is 90.4 cm³/mol. The quantitative estimate of drug-likeness (QED) is 0.874. The molecule has 3 rings (SSSR count). The second kappa shape index (κ2) is 6.92. The highest BCUT2D eigenvalue weighted by Crippen LogP contribution is 2.20. The smallest absolute Gasteiger partial charge is 0.227 e. The van der Waals surface area contributed by atoms with Crippen LogP contribution in [0.5, 0.6) is 0 Å². The lowest BCUT2D eigenvalue weighted by Crippen LogP contribution is -2.36. The Morgan fingerprint density at radius 3 is 2.95 bits per heavy atom. The molecule has 0 aromatic carbocycles. The van der Waals surface area contributed by atoms with E-state index in [-0.39, 0.29) is 5.91 Å². The molecule has 0 saturated carbocycles. The monoisotopic (exact) mass is 315 g/mol. The first-order valence-electron chi connectivity index (χ1n) is 7.68. The summed E-state index contributed by atoms with van der Waals surface area (Å²) in [5, 5.41) is 4.08. The molecule has 0 bridgehead atoms. The largest absolute Gasteiger partial charge is 0.369 e. The lowest BCUT2D eigenvalue weighted by Gasteiger charge is -2.25. The third-order valence-electron chi connectivity index (χ3n) is 4.12. The van der Waals surface area contributed by atoms with Crippen LogP contribution in [0.3, 0.4) is 0 Å². The van der Waals surface area contributed by atoms with Gasteiger partial charge in [-0.3, -0.25) is 9.78 Å². The van der Waals surface area contributed by atoms with E-state index >= 15 is 0 Å². The van der Waals surface area contributed by atoms with Crippen LogP contribution in [0, 0.1) is 6.92 Å². The van der Waals surface area contributed by atoms with Gasteiger partial charge >= 0.3 is 0 Å². The first-order chi connectivity index (χ1) is 10.7. The molecule has 1 amide bonds. The zero-order valence-corrected chi connectivity index (χ0v) is 13.7. The molecule has 3 heterocycles. The third kappa shape index (κ3) is 3.47. The van der Waals surface area contributed by atoms with Crippen LogP contribution in [0.4, 0.5) is 5.69 Å². The van der Waals surface area contributed by atoms with Crippen molar-refractivity contribution >= 4 is 22.9 Å². The van der Waals surface area contributed by atoms with Gasteiger partial charge in [0.1, 0.15) is 0 Å². The fourth-order valence-corrected chi connectivity index (χ4v) is 3.58. The zero-order valence-electron chi connectivity index (χ0n) is 12.9. The van der Waals surface area contributed by atoms with E-state index in [1.54, 1.807) is 11.3 Å². The molecular formula is C17H21N3OS. The molecule has 0 spiro atoms. The topological polar surface area (TPSA) is 36.4 Å². The Morgan fingerprint density at radius 1 is 1.27 bits per heavy atom. The van der Waals surface area contributed by atoms with Crippen molar-refractivity contribution in [2.45, 2.75) is 19.8 Å². The maximum absolute atomic E-state index is 12.4. The molecule has 1 aliphatic heterocycles. The van der Waals surface area contributed by atoms with Gasteiger partial charge in [-0.15, -0.1) is 0 Å². The molecule has 0 N–H and O–H groups in total. The van der Waals surface area contributed by atoms with E-state index < -0.39 is 0 Å². The van der Waals surface area contributed by atoms with Crippen LogP contribution < -0.4 is 4.90 Å². The molecule has 1 aliphatic rings. The number of nitrogens with zero attached hydrogens (tertiary/aromatic N) is 3. The van der Waals surface area contributed by atoms with E-state index in [9.17, 15) is 4.79 Å². The molecule has 22 heavy (non-hydrogen) atoms. The minimum Gasteiger partial charge on any atom is -0.369 e. The second-order valence-corrected chi connectivity index (χ2v) is 6.47. The molecule has 0 unspecified atom stereocenters. The fourth-order valence-electron chi connectivity index (χ4n) is 2.91. The van der Waals surface area contributed by atoms with Crippen molar-refractivity contribution < 1.29 is 4.79 Å². The van der Waals surface area contributed by atoms with Gasteiger partial charge in [0, 0.05) is 44.3 Å². The fraction of sp³-hybridized carbons (Fsp3) is 0.412. The normalized spacial score (nSPS) is 15.7. The third-order valence-corrected chi connectivity index (χ3v) is 4.85. The van der Waals surface area contributed by atoms with Crippen LogP contribution in [0.2, 0.25) is 0 Å². The Hall–Kier alpha value is -1.88. The lowest BCUT2D eigenvalue weighted by molar-refractivity contribution is -0.130. The van der Waals surface area contributed by atoms with E-state index in [4.69, 9.17) is 0 Å². The van der Waals surface area contributed by atoms with Crippen molar-refractivity contribution in [2.24, 2.45) is 0 Å². The number of rotatable bonds is 3. The van der Waals surface area contributed by atoms with E-state index in [0.717, 1.165) is 38.2 Å². The van der Waals surface area contributed by atoms with E-state index in [1.165, 1.54) is 11.3 Å². The number of aromatic nitrogens is 1. The number of hydrogen-bond acceptors (Lipinski definition) is 4. The Kier molecular flexibility index (Phi) is 4.73. The first kappa shape index (κ1) is 15.0. The molecule has 1 fully saturated rings. The van der Waals surface area contributed by atoms with Crippen LogP contribution in [-0.4, -0.2) is 42.0 Å². The molecule has 116 valence electrons. The molecule has 4 nitrogen and oxygen atoms in total. The zero-order chi connectivity index (χ0) is 15.4. The summed E-state index contributed by atoms with van der Waals surface area (Å²) >= 11 is 1.65. The van der Waals surface area contributed by atoms with Crippen LogP contribution in [-0.2, 0) is 11.2 Å². The SMILES string of the molecule is Cc1cnccc1N1CCCN(C(=O)Cc2ccsc2)CC1. The molecule has 1 saturated heterocycles. The van der Waals surface area contributed by atoms with Gasteiger partial charge in [-0.2, -0.15) is 11.3 Å². The Bertz CT molecular complexity index is 627. The average molecular weight is 315 g/mol.